The topological polar surface area (TPSA) is 63.1 Å². The lowest BCUT2D eigenvalue weighted by molar-refractivity contribution is -0.116. The number of anilines is 1. The first-order chi connectivity index (χ1) is 10.2. The third-order valence-corrected chi connectivity index (χ3v) is 3.97. The third-order valence-electron chi connectivity index (χ3n) is 3.97. The van der Waals surface area contributed by atoms with Gasteiger partial charge in [0.2, 0.25) is 5.91 Å². The molecule has 1 aliphatic rings. The molecule has 5 heteroatoms. The Morgan fingerprint density at radius 3 is 2.86 bits per heavy atom. The van der Waals surface area contributed by atoms with Crippen molar-refractivity contribution < 1.29 is 4.79 Å². The highest BCUT2D eigenvalue weighted by Gasteiger charge is 2.14. The van der Waals surface area contributed by atoms with Crippen LogP contribution in [-0.4, -0.2) is 23.6 Å². The van der Waals surface area contributed by atoms with Gasteiger partial charge in [0.05, 0.1) is 5.69 Å². The van der Waals surface area contributed by atoms with Crippen LogP contribution >= 0.6 is 0 Å². The molecule has 5 nitrogen and oxygen atoms in total. The summed E-state index contributed by atoms with van der Waals surface area (Å²) >= 11 is 0. The Morgan fingerprint density at radius 1 is 1.38 bits per heavy atom. The van der Waals surface area contributed by atoms with Gasteiger partial charge in [-0.1, -0.05) is 6.92 Å². The zero-order valence-electron chi connectivity index (χ0n) is 12.7. The van der Waals surface area contributed by atoms with Crippen molar-refractivity contribution in [3.8, 4) is 0 Å². The van der Waals surface area contributed by atoms with Crippen molar-refractivity contribution in [1.29, 1.82) is 0 Å². The molecule has 0 atom stereocenters. The molecule has 2 N–H and O–H groups in total. The van der Waals surface area contributed by atoms with Crippen molar-refractivity contribution in [2.24, 2.45) is 5.92 Å². The number of hydrogen-bond donors (Lipinski definition) is 2. The van der Waals surface area contributed by atoms with Gasteiger partial charge in [-0.2, -0.15) is 0 Å². The average Bonchev–Trinajstić information content (AvgIpc) is 2.50. The third kappa shape index (κ3) is 5.01. The fourth-order valence-corrected chi connectivity index (χ4v) is 2.75. The van der Waals surface area contributed by atoms with Crippen LogP contribution in [0.15, 0.2) is 23.1 Å². The smallest absolute Gasteiger partial charge is 0.250 e. The molecule has 0 aliphatic carbocycles. The lowest BCUT2D eigenvalue weighted by atomic mass is 9.93. The number of hydrogen-bond acceptors (Lipinski definition) is 3. The predicted octanol–water partition coefficient (Wildman–Crippen LogP) is 1.98. The number of aromatic nitrogens is 1. The molecule has 1 saturated heterocycles. The quantitative estimate of drug-likeness (QED) is 0.842. The van der Waals surface area contributed by atoms with Gasteiger partial charge in [0, 0.05) is 25.2 Å². The highest BCUT2D eigenvalue weighted by Crippen LogP contribution is 2.18. The number of carbonyl (C=O) groups excluding carboxylic acids is 1. The molecule has 2 rings (SSSR count). The van der Waals surface area contributed by atoms with Gasteiger partial charge in [0.25, 0.3) is 5.56 Å². The standard InChI is InChI=1S/C16H25N3O2/c1-2-11-19-12-14(4-6-16(19)21)18-15(20)5-3-13-7-9-17-10-8-13/h4,6,12-13,17H,2-3,5,7-11H2,1H3,(H,18,20). The van der Waals surface area contributed by atoms with E-state index in [4.69, 9.17) is 0 Å². The fraction of sp³-hybridized carbons (Fsp3) is 0.625. The number of rotatable bonds is 6. The molecule has 1 fully saturated rings. The van der Waals surface area contributed by atoms with E-state index in [2.05, 4.69) is 10.6 Å². The maximum Gasteiger partial charge on any atom is 0.250 e. The molecule has 0 unspecified atom stereocenters. The molecule has 0 saturated carbocycles. The summed E-state index contributed by atoms with van der Waals surface area (Å²) in [7, 11) is 0. The first-order valence-electron chi connectivity index (χ1n) is 7.90. The number of nitrogens with one attached hydrogen (secondary N) is 2. The SMILES string of the molecule is CCCn1cc(NC(=O)CCC2CCNCC2)ccc1=O. The summed E-state index contributed by atoms with van der Waals surface area (Å²) < 4.78 is 1.64. The average molecular weight is 291 g/mol. The van der Waals surface area contributed by atoms with E-state index < -0.39 is 0 Å². The van der Waals surface area contributed by atoms with E-state index in [0.717, 1.165) is 38.8 Å². The Kier molecular flexibility index (Phi) is 5.99. The number of pyridine rings is 1. The lowest BCUT2D eigenvalue weighted by Gasteiger charge is -2.22. The van der Waals surface area contributed by atoms with Crippen LogP contribution in [0.3, 0.4) is 0 Å². The number of piperidine rings is 1. The van der Waals surface area contributed by atoms with Crippen LogP contribution in [0.5, 0.6) is 0 Å². The highest BCUT2D eigenvalue weighted by molar-refractivity contribution is 5.90. The Labute approximate surface area is 125 Å². The van der Waals surface area contributed by atoms with E-state index in [1.54, 1.807) is 16.8 Å². The predicted molar refractivity (Wildman–Crippen MR) is 84.5 cm³/mol. The summed E-state index contributed by atoms with van der Waals surface area (Å²) in [5.41, 5.74) is 0.683. The molecular formula is C16H25N3O2. The second-order valence-corrected chi connectivity index (χ2v) is 5.73. The maximum absolute atomic E-state index is 12.0. The van der Waals surface area contributed by atoms with E-state index in [1.807, 2.05) is 6.92 Å². The number of carbonyl (C=O) groups is 1. The first-order valence-corrected chi connectivity index (χ1v) is 7.90. The van der Waals surface area contributed by atoms with Crippen LogP contribution in [0.2, 0.25) is 0 Å². The van der Waals surface area contributed by atoms with Gasteiger partial charge < -0.3 is 15.2 Å². The van der Waals surface area contributed by atoms with E-state index in [1.165, 1.54) is 6.07 Å². The van der Waals surface area contributed by atoms with Gasteiger partial charge in [-0.3, -0.25) is 9.59 Å². The summed E-state index contributed by atoms with van der Waals surface area (Å²) in [6, 6.07) is 3.19. The molecule has 2 heterocycles. The van der Waals surface area contributed by atoms with E-state index in [-0.39, 0.29) is 11.5 Å². The van der Waals surface area contributed by atoms with Crippen LogP contribution in [0.1, 0.15) is 39.0 Å². The Bertz CT molecular complexity index is 518. The van der Waals surface area contributed by atoms with Crippen molar-refractivity contribution in [3.05, 3.63) is 28.7 Å². The molecular weight excluding hydrogens is 266 g/mol. The molecule has 0 aromatic carbocycles. The van der Waals surface area contributed by atoms with Crippen LogP contribution in [0, 0.1) is 5.92 Å². The van der Waals surface area contributed by atoms with Gasteiger partial charge in [0.15, 0.2) is 0 Å². The highest BCUT2D eigenvalue weighted by atomic mass is 16.1. The van der Waals surface area contributed by atoms with Gasteiger partial charge in [-0.15, -0.1) is 0 Å². The van der Waals surface area contributed by atoms with Crippen LogP contribution in [-0.2, 0) is 11.3 Å². The fourth-order valence-electron chi connectivity index (χ4n) is 2.75. The minimum absolute atomic E-state index is 0.0236. The molecule has 21 heavy (non-hydrogen) atoms. The van der Waals surface area contributed by atoms with Crippen molar-refractivity contribution in [3.63, 3.8) is 0 Å². The Balaban J connectivity index is 1.84. The van der Waals surface area contributed by atoms with Crippen molar-refractivity contribution in [2.75, 3.05) is 18.4 Å². The molecule has 1 aromatic rings. The molecule has 0 radical (unpaired) electrons. The Morgan fingerprint density at radius 2 is 2.14 bits per heavy atom. The summed E-state index contributed by atoms with van der Waals surface area (Å²) in [5.74, 6) is 0.696. The van der Waals surface area contributed by atoms with Crippen molar-refractivity contribution in [2.45, 2.75) is 45.6 Å². The summed E-state index contributed by atoms with van der Waals surface area (Å²) in [4.78, 5) is 23.6. The zero-order valence-corrected chi connectivity index (χ0v) is 12.7. The molecule has 1 amide bonds. The van der Waals surface area contributed by atoms with E-state index in [9.17, 15) is 9.59 Å². The summed E-state index contributed by atoms with van der Waals surface area (Å²) in [6.07, 6.45) is 6.45. The van der Waals surface area contributed by atoms with Gasteiger partial charge in [0.1, 0.15) is 0 Å². The molecule has 116 valence electrons. The molecule has 1 aliphatic heterocycles. The monoisotopic (exact) mass is 291 g/mol. The summed E-state index contributed by atoms with van der Waals surface area (Å²) in [6.45, 7) is 4.83. The summed E-state index contributed by atoms with van der Waals surface area (Å²) in [5, 5.41) is 6.23. The Hall–Kier alpha value is -1.62. The van der Waals surface area contributed by atoms with Crippen LogP contribution in [0.25, 0.3) is 0 Å². The minimum Gasteiger partial charge on any atom is -0.325 e. The van der Waals surface area contributed by atoms with Crippen molar-refractivity contribution >= 4 is 11.6 Å². The molecule has 1 aromatic heterocycles. The first kappa shape index (κ1) is 15.8. The molecule has 0 bridgehead atoms. The largest absolute Gasteiger partial charge is 0.325 e. The van der Waals surface area contributed by atoms with E-state index >= 15 is 0 Å². The van der Waals surface area contributed by atoms with E-state index in [0.29, 0.717) is 24.6 Å². The normalized spacial score (nSPS) is 15.9. The molecule has 0 spiro atoms. The second-order valence-electron chi connectivity index (χ2n) is 5.73. The van der Waals surface area contributed by atoms with Crippen LogP contribution < -0.4 is 16.2 Å². The maximum atomic E-state index is 12.0. The van der Waals surface area contributed by atoms with Gasteiger partial charge in [-0.25, -0.2) is 0 Å². The number of nitrogens with zero attached hydrogens (tertiary/aromatic N) is 1. The van der Waals surface area contributed by atoms with Crippen LogP contribution in [0.4, 0.5) is 5.69 Å². The van der Waals surface area contributed by atoms with Crippen molar-refractivity contribution in [1.82, 2.24) is 9.88 Å². The number of aryl methyl sites for hydroxylation is 1. The minimum atomic E-state index is -0.0236. The van der Waals surface area contributed by atoms with Gasteiger partial charge in [-0.05, 0) is 50.8 Å². The second kappa shape index (κ2) is 7.98. The van der Waals surface area contributed by atoms with Gasteiger partial charge >= 0.3 is 0 Å². The zero-order chi connectivity index (χ0) is 15.1. The number of amides is 1. The lowest BCUT2D eigenvalue weighted by Crippen LogP contribution is -2.28.